The van der Waals surface area contributed by atoms with Crippen LogP contribution in [-0.4, -0.2) is 48.3 Å². The second-order valence-corrected chi connectivity index (χ2v) is 4.69. The first-order valence-electron chi connectivity index (χ1n) is 5.90. The Bertz CT molecular complexity index is 293. The molecule has 1 saturated heterocycles. The van der Waals surface area contributed by atoms with Gasteiger partial charge >= 0.3 is 5.97 Å². The van der Waals surface area contributed by atoms with Crippen LogP contribution < -0.4 is 0 Å². The number of aliphatic carboxylic acids is 1. The summed E-state index contributed by atoms with van der Waals surface area (Å²) in [6.07, 6.45) is 0.985. The fourth-order valence-corrected chi connectivity index (χ4v) is 2.21. The Morgan fingerprint density at radius 3 is 2.82 bits per heavy atom. The lowest BCUT2D eigenvalue weighted by molar-refractivity contribution is -0.143. The van der Waals surface area contributed by atoms with Crippen molar-refractivity contribution in [3.63, 3.8) is 0 Å². The highest BCUT2D eigenvalue weighted by molar-refractivity contribution is 6.25. The zero-order chi connectivity index (χ0) is 12.8. The summed E-state index contributed by atoms with van der Waals surface area (Å²) in [7, 11) is 0. The molecule has 0 aromatic heterocycles. The number of carboxylic acid groups (broad SMARTS) is 1. The summed E-state index contributed by atoms with van der Waals surface area (Å²) in [5.74, 6) is -1.20. The van der Waals surface area contributed by atoms with Crippen molar-refractivity contribution in [3.05, 3.63) is 11.1 Å². The van der Waals surface area contributed by atoms with Gasteiger partial charge in [-0.1, -0.05) is 18.5 Å². The van der Waals surface area contributed by atoms with E-state index in [1.165, 1.54) is 0 Å². The maximum atomic E-state index is 11.1. The molecule has 0 aromatic carbocycles. The predicted molar refractivity (Wildman–Crippen MR) is 67.2 cm³/mol. The van der Waals surface area contributed by atoms with Gasteiger partial charge in [0.25, 0.3) is 0 Å². The van der Waals surface area contributed by atoms with E-state index in [-0.39, 0.29) is 6.04 Å². The van der Waals surface area contributed by atoms with Crippen molar-refractivity contribution < 1.29 is 14.6 Å². The molecule has 1 heterocycles. The smallest absolute Gasteiger partial charge is 0.310 e. The molecule has 0 aromatic rings. The first kappa shape index (κ1) is 14.5. The normalized spacial score (nSPS) is 25.5. The number of rotatable bonds is 6. The summed E-state index contributed by atoms with van der Waals surface area (Å²) in [4.78, 5) is 13.3. The van der Waals surface area contributed by atoms with Crippen molar-refractivity contribution in [2.45, 2.75) is 26.3 Å². The van der Waals surface area contributed by atoms with Crippen LogP contribution in [0.5, 0.6) is 0 Å². The van der Waals surface area contributed by atoms with E-state index in [0.717, 1.165) is 18.5 Å². The van der Waals surface area contributed by atoms with Crippen molar-refractivity contribution in [1.29, 1.82) is 0 Å². The molecule has 0 bridgehead atoms. The fourth-order valence-electron chi connectivity index (χ4n) is 2.14. The number of halogens is 1. The van der Waals surface area contributed by atoms with Gasteiger partial charge in [-0.05, 0) is 25.5 Å². The number of hydrogen-bond donors (Lipinski definition) is 1. The van der Waals surface area contributed by atoms with Crippen LogP contribution in [-0.2, 0) is 9.53 Å². The molecule has 0 aliphatic carbocycles. The van der Waals surface area contributed by atoms with Gasteiger partial charge in [-0.3, -0.25) is 9.69 Å². The summed E-state index contributed by atoms with van der Waals surface area (Å²) < 4.78 is 5.30. The maximum Gasteiger partial charge on any atom is 0.310 e. The minimum absolute atomic E-state index is 0.0426. The molecule has 1 aliphatic heterocycles. The third-order valence-electron chi connectivity index (χ3n) is 2.99. The first-order chi connectivity index (χ1) is 8.10. The fraction of sp³-hybridized carbons (Fsp3) is 0.750. The molecule has 0 radical (unpaired) electrons. The van der Waals surface area contributed by atoms with Gasteiger partial charge in [0.15, 0.2) is 0 Å². The molecule has 0 amide bonds. The van der Waals surface area contributed by atoms with Crippen LogP contribution in [0.3, 0.4) is 0 Å². The number of ether oxygens (including phenoxy) is 1. The van der Waals surface area contributed by atoms with Crippen molar-refractivity contribution in [1.82, 2.24) is 4.90 Å². The molecule has 2 atom stereocenters. The Balaban J connectivity index is 2.71. The summed E-state index contributed by atoms with van der Waals surface area (Å²) in [6.45, 7) is 6.39. The molecule has 98 valence electrons. The van der Waals surface area contributed by atoms with Crippen molar-refractivity contribution in [3.8, 4) is 0 Å². The minimum Gasteiger partial charge on any atom is -0.481 e. The molecule has 17 heavy (non-hydrogen) atoms. The lowest BCUT2D eigenvalue weighted by Gasteiger charge is -2.30. The van der Waals surface area contributed by atoms with Gasteiger partial charge in [-0.15, -0.1) is 0 Å². The molecular weight excluding hydrogens is 242 g/mol. The van der Waals surface area contributed by atoms with Gasteiger partial charge in [0.05, 0.1) is 19.1 Å². The molecule has 1 rings (SSSR count). The predicted octanol–water partition coefficient (Wildman–Crippen LogP) is 1.94. The average molecular weight is 262 g/mol. The van der Waals surface area contributed by atoms with Crippen molar-refractivity contribution in [2.75, 3.05) is 26.3 Å². The van der Waals surface area contributed by atoms with E-state index >= 15 is 0 Å². The highest BCUT2D eigenvalue weighted by Crippen LogP contribution is 2.21. The van der Waals surface area contributed by atoms with Crippen LogP contribution in [0.25, 0.3) is 0 Å². The molecule has 2 unspecified atom stereocenters. The zero-order valence-corrected chi connectivity index (χ0v) is 11.1. The topological polar surface area (TPSA) is 49.8 Å². The van der Waals surface area contributed by atoms with Crippen LogP contribution >= 0.6 is 11.6 Å². The molecule has 5 heteroatoms. The third-order valence-corrected chi connectivity index (χ3v) is 3.36. The van der Waals surface area contributed by atoms with Gasteiger partial charge in [0, 0.05) is 18.1 Å². The largest absolute Gasteiger partial charge is 0.481 e. The Morgan fingerprint density at radius 2 is 2.29 bits per heavy atom. The zero-order valence-electron chi connectivity index (χ0n) is 10.4. The van der Waals surface area contributed by atoms with E-state index in [1.54, 1.807) is 5.54 Å². The van der Waals surface area contributed by atoms with Gasteiger partial charge in [-0.25, -0.2) is 0 Å². The van der Waals surface area contributed by atoms with Crippen LogP contribution in [0, 0.1) is 5.92 Å². The lowest BCUT2D eigenvalue weighted by atomic mass is 10.0. The molecular formula is C12H20ClNO3. The van der Waals surface area contributed by atoms with Crippen molar-refractivity contribution >= 4 is 17.6 Å². The van der Waals surface area contributed by atoms with Gasteiger partial charge in [-0.2, -0.15) is 0 Å². The van der Waals surface area contributed by atoms with Crippen LogP contribution in [0.4, 0.5) is 0 Å². The highest BCUT2D eigenvalue weighted by Gasteiger charge is 2.37. The summed E-state index contributed by atoms with van der Waals surface area (Å²) in [5.41, 5.74) is 2.59. The quantitative estimate of drug-likeness (QED) is 0.794. The third kappa shape index (κ3) is 3.98. The minimum atomic E-state index is -0.777. The Hall–Kier alpha value is -0.580. The van der Waals surface area contributed by atoms with Crippen LogP contribution in [0.15, 0.2) is 11.1 Å². The highest BCUT2D eigenvalue weighted by atomic mass is 35.5. The monoisotopic (exact) mass is 261 g/mol. The van der Waals surface area contributed by atoms with Crippen LogP contribution in [0.2, 0.25) is 0 Å². The SMILES string of the molecule is CCCN(CC(C)=CCl)C1COCC1C(=O)O. The van der Waals surface area contributed by atoms with E-state index < -0.39 is 11.9 Å². The van der Waals surface area contributed by atoms with Gasteiger partial charge in [0.2, 0.25) is 0 Å². The number of carbonyl (C=O) groups is 1. The number of hydrogen-bond acceptors (Lipinski definition) is 3. The first-order valence-corrected chi connectivity index (χ1v) is 6.34. The molecule has 4 nitrogen and oxygen atoms in total. The maximum absolute atomic E-state index is 11.1. The standard InChI is InChI=1S/C12H20ClNO3/c1-3-4-14(6-9(2)5-13)11-8-17-7-10(11)12(15)16/h5,10-11H,3-4,6-8H2,1-2H3,(H,15,16). The Morgan fingerprint density at radius 1 is 1.59 bits per heavy atom. The van der Waals surface area contributed by atoms with E-state index in [1.807, 2.05) is 6.92 Å². The van der Waals surface area contributed by atoms with E-state index in [4.69, 9.17) is 21.4 Å². The van der Waals surface area contributed by atoms with E-state index in [9.17, 15) is 4.79 Å². The Kier molecular flexibility index (Phi) is 5.95. The lowest BCUT2D eigenvalue weighted by Crippen LogP contribution is -2.44. The Labute approximate surface area is 107 Å². The summed E-state index contributed by atoms with van der Waals surface area (Å²) >= 11 is 5.67. The van der Waals surface area contributed by atoms with Crippen molar-refractivity contribution in [2.24, 2.45) is 5.92 Å². The molecule has 1 fully saturated rings. The molecule has 0 spiro atoms. The van der Waals surface area contributed by atoms with E-state index in [0.29, 0.717) is 19.8 Å². The van der Waals surface area contributed by atoms with Crippen LogP contribution in [0.1, 0.15) is 20.3 Å². The van der Waals surface area contributed by atoms with E-state index in [2.05, 4.69) is 11.8 Å². The average Bonchev–Trinajstić information content (AvgIpc) is 2.77. The number of nitrogens with zero attached hydrogens (tertiary/aromatic N) is 1. The molecule has 1 N–H and O–H groups in total. The second-order valence-electron chi connectivity index (χ2n) is 4.48. The second kappa shape index (κ2) is 6.99. The molecule has 1 aliphatic rings. The summed E-state index contributed by atoms with van der Waals surface area (Å²) in [5, 5.41) is 9.14. The summed E-state index contributed by atoms with van der Waals surface area (Å²) in [6, 6.07) is -0.0426. The van der Waals surface area contributed by atoms with Gasteiger partial charge in [0.1, 0.15) is 0 Å². The number of carboxylic acids is 1. The molecule has 0 saturated carbocycles. The van der Waals surface area contributed by atoms with Gasteiger partial charge < -0.3 is 9.84 Å².